The second-order valence-electron chi connectivity index (χ2n) is 7.26. The molecule has 0 saturated carbocycles. The van der Waals surface area contributed by atoms with Crippen molar-refractivity contribution in [2.75, 3.05) is 17.8 Å². The molecule has 6 nitrogen and oxygen atoms in total. The van der Waals surface area contributed by atoms with Gasteiger partial charge < -0.3 is 0 Å². The monoisotopic (exact) mass is 438 g/mol. The smallest absolute Gasteiger partial charge is 0.262 e. The maximum Gasteiger partial charge on any atom is 0.262 e. The Morgan fingerprint density at radius 3 is 1.76 bits per heavy atom. The summed E-state index contributed by atoms with van der Waals surface area (Å²) in [5, 5.41) is 0. The lowest BCUT2D eigenvalue weighted by atomic mass is 10.1. The van der Waals surface area contributed by atoms with E-state index in [0.717, 1.165) is 18.4 Å². The summed E-state index contributed by atoms with van der Waals surface area (Å²) in [5.74, 6) is 0. The van der Waals surface area contributed by atoms with Gasteiger partial charge in [-0.15, -0.1) is 0 Å². The minimum Gasteiger partial charge on any atom is -0.280 e. The van der Waals surface area contributed by atoms with Crippen molar-refractivity contribution >= 4 is 25.7 Å². The standard InChI is InChI=1S/C21H30N2O4S2/c1-6-12-23(13-7-2)29(26,27)20-10-8-19(9-11-20)22-28(24,25)21-17(4)14-16(3)15-18(21)5/h8-11,14-15,22H,6-7,12-13H2,1-5H3. The minimum absolute atomic E-state index is 0.157. The van der Waals surface area contributed by atoms with Crippen molar-refractivity contribution in [2.24, 2.45) is 0 Å². The number of nitrogens with one attached hydrogen (secondary N) is 1. The van der Waals surface area contributed by atoms with E-state index in [1.165, 1.54) is 28.6 Å². The SMILES string of the molecule is CCCN(CCC)S(=O)(=O)c1ccc(NS(=O)(=O)c2c(C)cc(C)cc2C)cc1. The first-order valence-corrected chi connectivity index (χ1v) is 12.7. The van der Waals surface area contributed by atoms with Crippen LogP contribution in [0, 0.1) is 20.8 Å². The molecule has 0 fully saturated rings. The van der Waals surface area contributed by atoms with Crippen LogP contribution in [-0.2, 0) is 20.0 Å². The fourth-order valence-electron chi connectivity index (χ4n) is 3.49. The van der Waals surface area contributed by atoms with Gasteiger partial charge in [-0.25, -0.2) is 16.8 Å². The van der Waals surface area contributed by atoms with Crippen LogP contribution < -0.4 is 4.72 Å². The van der Waals surface area contributed by atoms with E-state index < -0.39 is 20.0 Å². The average Bonchev–Trinajstić information content (AvgIpc) is 2.60. The van der Waals surface area contributed by atoms with Crippen LogP contribution in [0.25, 0.3) is 0 Å². The molecule has 29 heavy (non-hydrogen) atoms. The average molecular weight is 439 g/mol. The van der Waals surface area contributed by atoms with Crippen LogP contribution in [0.1, 0.15) is 43.4 Å². The first-order valence-electron chi connectivity index (χ1n) is 9.73. The summed E-state index contributed by atoms with van der Waals surface area (Å²) in [6.07, 6.45) is 1.46. The molecule has 0 aliphatic carbocycles. The van der Waals surface area contributed by atoms with E-state index >= 15 is 0 Å². The molecule has 160 valence electrons. The number of hydrogen-bond acceptors (Lipinski definition) is 4. The third kappa shape index (κ3) is 5.38. The lowest BCUT2D eigenvalue weighted by molar-refractivity contribution is 0.410. The van der Waals surface area contributed by atoms with Gasteiger partial charge in [0.1, 0.15) is 0 Å². The Kier molecular flexibility index (Phi) is 7.48. The lowest BCUT2D eigenvalue weighted by Crippen LogP contribution is -2.32. The van der Waals surface area contributed by atoms with Crippen LogP contribution in [-0.4, -0.2) is 34.2 Å². The van der Waals surface area contributed by atoms with Crippen LogP contribution >= 0.6 is 0 Å². The highest BCUT2D eigenvalue weighted by atomic mass is 32.2. The first-order chi connectivity index (χ1) is 13.5. The molecule has 0 spiro atoms. The van der Waals surface area contributed by atoms with E-state index in [0.29, 0.717) is 29.9 Å². The van der Waals surface area contributed by atoms with Crippen molar-refractivity contribution in [3.8, 4) is 0 Å². The van der Waals surface area contributed by atoms with E-state index in [2.05, 4.69) is 4.72 Å². The first kappa shape index (κ1) is 23.4. The minimum atomic E-state index is -3.78. The summed E-state index contributed by atoms with van der Waals surface area (Å²) < 4.78 is 55.5. The predicted octanol–water partition coefficient (Wildman–Crippen LogP) is 4.22. The Morgan fingerprint density at radius 2 is 1.31 bits per heavy atom. The zero-order valence-corrected chi connectivity index (χ0v) is 19.3. The molecule has 0 atom stereocenters. The highest BCUT2D eigenvalue weighted by Crippen LogP contribution is 2.25. The third-order valence-electron chi connectivity index (χ3n) is 4.56. The number of hydrogen-bond donors (Lipinski definition) is 1. The van der Waals surface area contributed by atoms with Crippen LogP contribution in [0.5, 0.6) is 0 Å². The highest BCUT2D eigenvalue weighted by molar-refractivity contribution is 7.92. The van der Waals surface area contributed by atoms with E-state index in [1.807, 2.05) is 32.9 Å². The van der Waals surface area contributed by atoms with E-state index in [-0.39, 0.29) is 9.79 Å². The highest BCUT2D eigenvalue weighted by Gasteiger charge is 2.24. The molecule has 8 heteroatoms. The second kappa shape index (κ2) is 9.28. The van der Waals surface area contributed by atoms with Gasteiger partial charge in [-0.1, -0.05) is 31.5 Å². The molecule has 0 heterocycles. The summed E-state index contributed by atoms with van der Waals surface area (Å²) in [6.45, 7) is 10.2. The van der Waals surface area contributed by atoms with Gasteiger partial charge in [0.05, 0.1) is 9.79 Å². The zero-order valence-electron chi connectivity index (χ0n) is 17.7. The van der Waals surface area contributed by atoms with Gasteiger partial charge in [0.15, 0.2) is 0 Å². The molecule has 0 radical (unpaired) electrons. The number of nitrogens with zero attached hydrogens (tertiary/aromatic N) is 1. The second-order valence-corrected chi connectivity index (χ2v) is 10.8. The van der Waals surface area contributed by atoms with Crippen molar-refractivity contribution in [1.29, 1.82) is 0 Å². The van der Waals surface area contributed by atoms with E-state index in [1.54, 1.807) is 13.8 Å². The quantitative estimate of drug-likeness (QED) is 0.635. The van der Waals surface area contributed by atoms with Gasteiger partial charge in [0.25, 0.3) is 10.0 Å². The molecular weight excluding hydrogens is 408 g/mol. The fourth-order valence-corrected chi connectivity index (χ4v) is 6.63. The van der Waals surface area contributed by atoms with Gasteiger partial charge in [-0.3, -0.25) is 4.72 Å². The van der Waals surface area contributed by atoms with Crippen molar-refractivity contribution < 1.29 is 16.8 Å². The lowest BCUT2D eigenvalue weighted by Gasteiger charge is -2.21. The maximum atomic E-state index is 12.9. The molecule has 2 aromatic rings. The number of aryl methyl sites for hydroxylation is 3. The van der Waals surface area contributed by atoms with Gasteiger partial charge in [0.2, 0.25) is 10.0 Å². The zero-order chi connectivity index (χ0) is 21.8. The summed E-state index contributed by atoms with van der Waals surface area (Å²) in [5.41, 5.74) is 2.66. The molecule has 2 aromatic carbocycles. The Hall–Kier alpha value is -1.90. The summed E-state index contributed by atoms with van der Waals surface area (Å²) in [6, 6.07) is 9.51. The van der Waals surface area contributed by atoms with Gasteiger partial charge >= 0.3 is 0 Å². The molecular formula is C21H30N2O4S2. The molecule has 0 amide bonds. The summed E-state index contributed by atoms with van der Waals surface area (Å²) >= 11 is 0. The molecule has 0 saturated heterocycles. The maximum absolute atomic E-state index is 12.9. The summed E-state index contributed by atoms with van der Waals surface area (Å²) in [7, 11) is -7.38. The van der Waals surface area contributed by atoms with E-state index in [4.69, 9.17) is 0 Å². The Balaban J connectivity index is 2.31. The molecule has 2 rings (SSSR count). The van der Waals surface area contributed by atoms with Gasteiger partial charge in [-0.2, -0.15) is 4.31 Å². The predicted molar refractivity (Wildman–Crippen MR) is 117 cm³/mol. The third-order valence-corrected chi connectivity index (χ3v) is 8.16. The Bertz CT molecular complexity index is 1030. The summed E-state index contributed by atoms with van der Waals surface area (Å²) in [4.78, 5) is 0.405. The number of sulfonamides is 2. The number of rotatable bonds is 9. The van der Waals surface area contributed by atoms with E-state index in [9.17, 15) is 16.8 Å². The molecule has 0 unspecified atom stereocenters. The van der Waals surface area contributed by atoms with Gasteiger partial charge in [-0.05, 0) is 69.0 Å². The van der Waals surface area contributed by atoms with Crippen molar-refractivity contribution in [1.82, 2.24) is 4.31 Å². The van der Waals surface area contributed by atoms with Crippen LogP contribution in [0.3, 0.4) is 0 Å². The number of anilines is 1. The van der Waals surface area contributed by atoms with Crippen LogP contribution in [0.4, 0.5) is 5.69 Å². The molecule has 0 aromatic heterocycles. The molecule has 1 N–H and O–H groups in total. The number of benzene rings is 2. The van der Waals surface area contributed by atoms with Gasteiger partial charge in [0, 0.05) is 18.8 Å². The van der Waals surface area contributed by atoms with Crippen molar-refractivity contribution in [3.63, 3.8) is 0 Å². The molecule has 0 aliphatic rings. The topological polar surface area (TPSA) is 83.6 Å². The Labute approximate surface area is 175 Å². The molecule has 0 aliphatic heterocycles. The van der Waals surface area contributed by atoms with Crippen molar-refractivity contribution in [3.05, 3.63) is 53.1 Å². The molecule has 0 bridgehead atoms. The van der Waals surface area contributed by atoms with Crippen LogP contribution in [0.2, 0.25) is 0 Å². The normalized spacial score (nSPS) is 12.3. The van der Waals surface area contributed by atoms with Crippen molar-refractivity contribution in [2.45, 2.75) is 57.3 Å². The largest absolute Gasteiger partial charge is 0.280 e. The fraction of sp³-hybridized carbons (Fsp3) is 0.429. The van der Waals surface area contributed by atoms with Crippen LogP contribution in [0.15, 0.2) is 46.2 Å². The Morgan fingerprint density at radius 1 is 0.828 bits per heavy atom.